The molecule has 3 N–H and O–H groups in total. The Balaban J connectivity index is 2.69. The zero-order chi connectivity index (χ0) is 53.3. The smallest absolute Gasteiger partial charge is 0.335 e. The first-order valence-electron chi connectivity index (χ1n) is 28.9. The highest BCUT2D eigenvalue weighted by Gasteiger charge is 2.50. The maximum absolute atomic E-state index is 13.1. The van der Waals surface area contributed by atoms with E-state index in [-0.39, 0.29) is 25.9 Å². The van der Waals surface area contributed by atoms with Crippen molar-refractivity contribution >= 4 is 23.9 Å². The van der Waals surface area contributed by atoms with Crippen molar-refractivity contribution in [1.82, 2.24) is 0 Å². The number of carbonyl (C=O) groups excluding carboxylic acids is 3. The maximum Gasteiger partial charge on any atom is 0.335 e. The number of allylic oxidation sites excluding steroid dienone is 12. The second kappa shape index (κ2) is 49.1. The number of aliphatic hydroxyl groups is 2. The number of esters is 3. The van der Waals surface area contributed by atoms with E-state index in [1.807, 2.05) is 0 Å². The van der Waals surface area contributed by atoms with Gasteiger partial charge >= 0.3 is 23.9 Å². The molecule has 0 bridgehead atoms. The van der Waals surface area contributed by atoms with Gasteiger partial charge in [-0.3, -0.25) is 14.4 Å². The number of carboxylic acid groups (broad SMARTS) is 1. The highest BCUT2D eigenvalue weighted by molar-refractivity contribution is 5.74. The van der Waals surface area contributed by atoms with Crippen LogP contribution in [0.1, 0.15) is 239 Å². The van der Waals surface area contributed by atoms with Crippen LogP contribution < -0.4 is 0 Å². The molecule has 1 rings (SSSR count). The van der Waals surface area contributed by atoms with Crippen molar-refractivity contribution < 1.29 is 58.2 Å². The highest BCUT2D eigenvalue weighted by Crippen LogP contribution is 2.26. The van der Waals surface area contributed by atoms with Gasteiger partial charge in [0.05, 0.1) is 6.61 Å². The number of rotatable bonds is 48. The standard InChI is InChI=1S/C61H102O12/c1-4-7-10-13-16-19-22-24-26-27-29-30-33-35-38-41-44-47-53(62)69-50-52(71-54(63)48-45-42-39-36-32-21-18-15-12-9-6-3)51-70-61-59(57(66)56(65)58(73-61)60(67)68)72-55(64)49-46-43-40-37-34-31-28-25-23-20-17-14-11-8-5-2/h8,11,15-20,24-26,28,52,56-59,61,65-66H,4-7,9-10,12-14,21-23,27,29-51H2,1-3H3,(H,67,68)/b11-8-,18-15-,19-16-,20-17-,26-24-,28-25-. The number of aliphatic carboxylic acids is 1. The van der Waals surface area contributed by atoms with Gasteiger partial charge in [-0.2, -0.15) is 0 Å². The number of hydrogen-bond donors (Lipinski definition) is 3. The lowest BCUT2D eigenvalue weighted by Gasteiger charge is -2.40. The normalized spacial score (nSPS) is 18.8. The molecule has 6 atom stereocenters. The zero-order valence-electron chi connectivity index (χ0n) is 45.9. The second-order valence-corrected chi connectivity index (χ2v) is 19.5. The molecule has 0 aliphatic carbocycles. The van der Waals surface area contributed by atoms with Crippen molar-refractivity contribution in [2.24, 2.45) is 0 Å². The molecule has 1 saturated heterocycles. The highest BCUT2D eigenvalue weighted by atomic mass is 16.7. The van der Waals surface area contributed by atoms with Crippen molar-refractivity contribution in [3.8, 4) is 0 Å². The van der Waals surface area contributed by atoms with Gasteiger partial charge in [0.1, 0.15) is 18.8 Å². The Labute approximate surface area is 442 Å². The average molecular weight is 1030 g/mol. The number of carboxylic acids is 1. The van der Waals surface area contributed by atoms with Gasteiger partial charge in [0.25, 0.3) is 0 Å². The molecule has 0 aromatic heterocycles. The van der Waals surface area contributed by atoms with E-state index in [1.165, 1.54) is 51.4 Å². The number of unbranched alkanes of at least 4 members (excludes halogenated alkanes) is 22. The van der Waals surface area contributed by atoms with Gasteiger partial charge in [0.2, 0.25) is 0 Å². The molecule has 0 aromatic rings. The van der Waals surface area contributed by atoms with Gasteiger partial charge in [0, 0.05) is 19.3 Å². The Kier molecular flexibility index (Phi) is 45.1. The van der Waals surface area contributed by atoms with Crippen LogP contribution in [0.2, 0.25) is 0 Å². The number of aliphatic hydroxyl groups excluding tert-OH is 2. The molecule has 1 heterocycles. The first kappa shape index (κ1) is 67.2. The first-order valence-corrected chi connectivity index (χ1v) is 28.9. The average Bonchev–Trinajstić information content (AvgIpc) is 3.37. The molecule has 12 nitrogen and oxygen atoms in total. The fourth-order valence-electron chi connectivity index (χ4n) is 8.27. The van der Waals surface area contributed by atoms with E-state index in [1.54, 1.807) is 0 Å². The summed E-state index contributed by atoms with van der Waals surface area (Å²) in [6.07, 6.45) is 48.7. The summed E-state index contributed by atoms with van der Waals surface area (Å²) in [7, 11) is 0. The van der Waals surface area contributed by atoms with Crippen molar-refractivity contribution in [3.63, 3.8) is 0 Å². The van der Waals surface area contributed by atoms with E-state index in [0.717, 1.165) is 128 Å². The summed E-state index contributed by atoms with van der Waals surface area (Å²) in [5, 5.41) is 31.4. The third-order valence-electron chi connectivity index (χ3n) is 12.7. The SMILES string of the molecule is CC/C=C\C/C=C\C/C=C\CCCCCCCC(=O)OC1C(OCC(COC(=O)CCCCCCCCC/C=C\C/C=C\CCCCC)OC(=O)CCCCCCC/C=C\CCCC)OC(C(=O)O)C(O)C1O. The number of hydrogen-bond acceptors (Lipinski definition) is 11. The van der Waals surface area contributed by atoms with Crippen molar-refractivity contribution in [1.29, 1.82) is 0 Å². The van der Waals surface area contributed by atoms with Crippen LogP contribution in [0.4, 0.5) is 0 Å². The van der Waals surface area contributed by atoms with Crippen LogP contribution in [0.25, 0.3) is 0 Å². The van der Waals surface area contributed by atoms with Gasteiger partial charge in [-0.15, -0.1) is 0 Å². The number of ether oxygens (including phenoxy) is 5. The predicted octanol–water partition coefficient (Wildman–Crippen LogP) is 14.6. The molecule has 0 amide bonds. The molecule has 1 aliphatic rings. The Morgan fingerprint density at radius 1 is 0.466 bits per heavy atom. The maximum atomic E-state index is 13.1. The quantitative estimate of drug-likeness (QED) is 0.0228. The van der Waals surface area contributed by atoms with Gasteiger partial charge in [-0.1, -0.05) is 190 Å². The van der Waals surface area contributed by atoms with Gasteiger partial charge < -0.3 is 39.0 Å². The largest absolute Gasteiger partial charge is 0.479 e. The van der Waals surface area contributed by atoms with E-state index in [0.29, 0.717) is 19.3 Å². The second-order valence-electron chi connectivity index (χ2n) is 19.5. The Hall–Kier alpha value is -3.84. The van der Waals surface area contributed by atoms with Gasteiger partial charge in [0.15, 0.2) is 24.6 Å². The van der Waals surface area contributed by atoms with Crippen LogP contribution in [0.5, 0.6) is 0 Å². The van der Waals surface area contributed by atoms with Crippen LogP contribution in [-0.4, -0.2) is 89.2 Å². The number of carbonyl (C=O) groups is 4. The Morgan fingerprint density at radius 3 is 1.37 bits per heavy atom. The molecular weight excluding hydrogens is 925 g/mol. The lowest BCUT2D eigenvalue weighted by atomic mass is 9.98. The minimum atomic E-state index is -1.91. The van der Waals surface area contributed by atoms with E-state index in [4.69, 9.17) is 23.7 Å². The van der Waals surface area contributed by atoms with Crippen molar-refractivity contribution in [2.45, 2.75) is 276 Å². The van der Waals surface area contributed by atoms with E-state index in [9.17, 15) is 34.5 Å². The Bertz CT molecular complexity index is 1550. The lowest BCUT2D eigenvalue weighted by molar-refractivity contribution is -0.301. The summed E-state index contributed by atoms with van der Waals surface area (Å²) in [6, 6.07) is 0. The molecule has 6 unspecified atom stereocenters. The van der Waals surface area contributed by atoms with E-state index in [2.05, 4.69) is 93.7 Å². The molecule has 0 aromatic carbocycles. The monoisotopic (exact) mass is 1030 g/mol. The molecule has 0 spiro atoms. The van der Waals surface area contributed by atoms with Crippen LogP contribution in [0.3, 0.4) is 0 Å². The summed E-state index contributed by atoms with van der Waals surface area (Å²) in [5.41, 5.74) is 0. The molecule has 1 fully saturated rings. The molecule has 418 valence electrons. The topological polar surface area (TPSA) is 175 Å². The molecule has 1 aliphatic heterocycles. The predicted molar refractivity (Wildman–Crippen MR) is 294 cm³/mol. The van der Waals surface area contributed by atoms with E-state index < -0.39 is 67.3 Å². The third kappa shape index (κ3) is 39.3. The minimum absolute atomic E-state index is 0.0376. The van der Waals surface area contributed by atoms with Crippen molar-refractivity contribution in [3.05, 3.63) is 72.9 Å². The first-order chi connectivity index (χ1) is 35.6. The fraction of sp³-hybridized carbons (Fsp3) is 0.738. The van der Waals surface area contributed by atoms with Crippen LogP contribution in [-0.2, 0) is 42.9 Å². The summed E-state index contributed by atoms with van der Waals surface area (Å²) in [4.78, 5) is 51.0. The Morgan fingerprint density at radius 2 is 0.877 bits per heavy atom. The summed E-state index contributed by atoms with van der Waals surface area (Å²) in [6.45, 7) is 5.79. The molecular formula is C61H102O12. The summed E-state index contributed by atoms with van der Waals surface area (Å²) >= 11 is 0. The minimum Gasteiger partial charge on any atom is -0.479 e. The molecule has 12 heteroatoms. The zero-order valence-corrected chi connectivity index (χ0v) is 45.9. The van der Waals surface area contributed by atoms with Gasteiger partial charge in [-0.05, 0) is 103 Å². The molecule has 0 saturated carbocycles. The summed E-state index contributed by atoms with van der Waals surface area (Å²) in [5.74, 6) is -3.16. The van der Waals surface area contributed by atoms with Crippen LogP contribution in [0.15, 0.2) is 72.9 Å². The molecule has 73 heavy (non-hydrogen) atoms. The molecule has 0 radical (unpaired) electrons. The van der Waals surface area contributed by atoms with Crippen molar-refractivity contribution in [2.75, 3.05) is 13.2 Å². The van der Waals surface area contributed by atoms with E-state index >= 15 is 0 Å². The lowest BCUT2D eigenvalue weighted by Crippen LogP contribution is -2.61. The van der Waals surface area contributed by atoms with Crippen LogP contribution >= 0.6 is 0 Å². The third-order valence-corrected chi connectivity index (χ3v) is 12.7. The summed E-state index contributed by atoms with van der Waals surface area (Å²) < 4.78 is 28.4. The van der Waals surface area contributed by atoms with Crippen LogP contribution in [0, 0.1) is 0 Å². The fourth-order valence-corrected chi connectivity index (χ4v) is 8.27. The van der Waals surface area contributed by atoms with Gasteiger partial charge in [-0.25, -0.2) is 4.79 Å².